The fourth-order valence-electron chi connectivity index (χ4n) is 3.93. The van der Waals surface area contributed by atoms with Crippen molar-refractivity contribution in [1.29, 1.82) is 0 Å². The topological polar surface area (TPSA) is 70.1 Å². The van der Waals surface area contributed by atoms with Gasteiger partial charge in [-0.05, 0) is 43.4 Å². The second-order valence-electron chi connectivity index (χ2n) is 6.22. The van der Waals surface area contributed by atoms with Gasteiger partial charge in [-0.2, -0.15) is 5.10 Å². The van der Waals surface area contributed by atoms with Crippen LogP contribution in [0, 0.1) is 17.8 Å². The molecule has 0 radical (unpaired) electrons. The monoisotopic (exact) mass is 277 g/mol. The Balaban J connectivity index is 1.63. The quantitative estimate of drug-likeness (QED) is 0.856. The summed E-state index contributed by atoms with van der Waals surface area (Å²) in [5.41, 5.74) is 7.60. The molecular weight excluding hydrogens is 254 g/mol. The van der Waals surface area contributed by atoms with Crippen LogP contribution in [-0.4, -0.2) is 22.4 Å². The Labute approximate surface area is 119 Å². The van der Waals surface area contributed by atoms with E-state index < -0.39 is 0 Å². The van der Waals surface area contributed by atoms with Crippen LogP contribution in [0.1, 0.15) is 48.8 Å². The summed E-state index contributed by atoms with van der Waals surface area (Å²) >= 11 is 0. The third-order valence-corrected chi connectivity index (χ3v) is 5.00. The molecule has 0 aromatic carbocycles. The highest BCUT2D eigenvalue weighted by atomic mass is 16.5. The van der Waals surface area contributed by atoms with Crippen molar-refractivity contribution >= 4 is 11.7 Å². The van der Waals surface area contributed by atoms with E-state index in [0.717, 1.165) is 24.0 Å². The van der Waals surface area contributed by atoms with Crippen molar-refractivity contribution in [3.05, 3.63) is 11.4 Å². The second-order valence-corrected chi connectivity index (χ2v) is 6.22. The minimum absolute atomic E-state index is 0.333. The lowest BCUT2D eigenvalue weighted by Crippen LogP contribution is -2.21. The van der Waals surface area contributed by atoms with Crippen LogP contribution in [0.15, 0.2) is 0 Å². The standard InChI is InChI=1S/C15H23N3O2/c1-3-12-13(16)14(18(2)17-12)15(19)20-8-11-7-9-4-5-10(11)6-9/h9-11H,3-8,16H2,1-2H3. The molecule has 2 aliphatic carbocycles. The van der Waals surface area contributed by atoms with Gasteiger partial charge in [0.15, 0.2) is 5.69 Å². The number of fused-ring (bicyclic) bond motifs is 2. The second kappa shape index (κ2) is 5.11. The molecule has 5 heteroatoms. The Morgan fingerprint density at radius 2 is 2.25 bits per heavy atom. The van der Waals surface area contributed by atoms with Gasteiger partial charge in [-0.3, -0.25) is 4.68 Å². The molecule has 1 aromatic heterocycles. The highest BCUT2D eigenvalue weighted by Crippen LogP contribution is 2.48. The normalized spacial score (nSPS) is 28.0. The Bertz CT molecular complexity index is 523. The first kappa shape index (κ1) is 13.5. The number of anilines is 1. The first-order chi connectivity index (χ1) is 9.60. The Morgan fingerprint density at radius 1 is 1.45 bits per heavy atom. The Kier molecular flexibility index (Phi) is 3.44. The fourth-order valence-corrected chi connectivity index (χ4v) is 3.93. The van der Waals surface area contributed by atoms with Gasteiger partial charge in [-0.1, -0.05) is 13.3 Å². The molecule has 0 amide bonds. The molecule has 2 fully saturated rings. The molecular formula is C15H23N3O2. The van der Waals surface area contributed by atoms with E-state index in [-0.39, 0.29) is 5.97 Å². The van der Waals surface area contributed by atoms with Crippen LogP contribution >= 0.6 is 0 Å². The van der Waals surface area contributed by atoms with E-state index in [1.807, 2.05) is 6.92 Å². The zero-order valence-corrected chi connectivity index (χ0v) is 12.3. The average Bonchev–Trinajstić information content (AvgIpc) is 3.10. The smallest absolute Gasteiger partial charge is 0.358 e. The van der Waals surface area contributed by atoms with Gasteiger partial charge in [0.1, 0.15) is 0 Å². The third kappa shape index (κ3) is 2.19. The molecule has 110 valence electrons. The number of ether oxygens (including phenoxy) is 1. The van der Waals surface area contributed by atoms with Crippen molar-refractivity contribution in [3.63, 3.8) is 0 Å². The van der Waals surface area contributed by atoms with Crippen LogP contribution in [0.5, 0.6) is 0 Å². The van der Waals surface area contributed by atoms with Crippen LogP contribution in [0.2, 0.25) is 0 Å². The predicted molar refractivity (Wildman–Crippen MR) is 76.2 cm³/mol. The molecule has 3 rings (SSSR count). The maximum absolute atomic E-state index is 12.2. The number of nitrogens with two attached hydrogens (primary N) is 1. The van der Waals surface area contributed by atoms with Gasteiger partial charge in [-0.25, -0.2) is 4.79 Å². The number of rotatable bonds is 4. The van der Waals surface area contributed by atoms with E-state index >= 15 is 0 Å². The molecule has 1 heterocycles. The molecule has 2 aliphatic rings. The molecule has 0 aliphatic heterocycles. The maximum atomic E-state index is 12.2. The van der Waals surface area contributed by atoms with E-state index in [2.05, 4.69) is 5.10 Å². The van der Waals surface area contributed by atoms with Crippen molar-refractivity contribution in [2.45, 2.75) is 39.0 Å². The molecule has 2 bridgehead atoms. The summed E-state index contributed by atoms with van der Waals surface area (Å²) in [5, 5.41) is 4.26. The first-order valence-corrected chi connectivity index (χ1v) is 7.58. The average molecular weight is 277 g/mol. The van der Waals surface area contributed by atoms with Gasteiger partial charge >= 0.3 is 5.97 Å². The van der Waals surface area contributed by atoms with Crippen molar-refractivity contribution < 1.29 is 9.53 Å². The zero-order chi connectivity index (χ0) is 14.3. The van der Waals surface area contributed by atoms with Crippen LogP contribution < -0.4 is 5.73 Å². The highest BCUT2D eigenvalue weighted by molar-refractivity contribution is 5.93. The summed E-state index contributed by atoms with van der Waals surface area (Å²) in [6, 6.07) is 0. The minimum atomic E-state index is -0.333. The third-order valence-electron chi connectivity index (χ3n) is 5.00. The number of hydrogen-bond acceptors (Lipinski definition) is 4. The molecule has 0 spiro atoms. The number of aryl methyl sites for hydroxylation is 2. The van der Waals surface area contributed by atoms with Crippen LogP contribution in [-0.2, 0) is 18.2 Å². The zero-order valence-electron chi connectivity index (χ0n) is 12.3. The summed E-state index contributed by atoms with van der Waals surface area (Å²) in [4.78, 5) is 12.2. The number of esters is 1. The van der Waals surface area contributed by atoms with Crippen LogP contribution in [0.25, 0.3) is 0 Å². The summed E-state index contributed by atoms with van der Waals surface area (Å²) in [7, 11) is 1.74. The van der Waals surface area contributed by atoms with Crippen molar-refractivity contribution in [3.8, 4) is 0 Å². The molecule has 20 heavy (non-hydrogen) atoms. The molecule has 1 aromatic rings. The summed E-state index contributed by atoms with van der Waals surface area (Å²) in [6.07, 6.45) is 5.94. The minimum Gasteiger partial charge on any atom is -0.461 e. The SMILES string of the molecule is CCc1nn(C)c(C(=O)OCC2CC3CCC2C3)c1N. The lowest BCUT2D eigenvalue weighted by molar-refractivity contribution is 0.0383. The highest BCUT2D eigenvalue weighted by Gasteiger charge is 2.40. The van der Waals surface area contributed by atoms with Gasteiger partial charge in [0.05, 0.1) is 18.0 Å². The van der Waals surface area contributed by atoms with Crippen LogP contribution in [0.3, 0.4) is 0 Å². The van der Waals surface area contributed by atoms with E-state index in [1.165, 1.54) is 30.4 Å². The first-order valence-electron chi connectivity index (χ1n) is 7.58. The number of aromatic nitrogens is 2. The van der Waals surface area contributed by atoms with E-state index in [1.54, 1.807) is 7.05 Å². The molecule has 3 unspecified atom stereocenters. The van der Waals surface area contributed by atoms with E-state index in [0.29, 0.717) is 23.9 Å². The summed E-state index contributed by atoms with van der Waals surface area (Å²) in [5.74, 6) is 1.86. The largest absolute Gasteiger partial charge is 0.461 e. The number of carbonyl (C=O) groups excluding carboxylic acids is 1. The van der Waals surface area contributed by atoms with Crippen molar-refractivity contribution in [2.24, 2.45) is 24.8 Å². The van der Waals surface area contributed by atoms with Gasteiger partial charge in [0.25, 0.3) is 0 Å². The predicted octanol–water partition coefficient (Wildman–Crippen LogP) is 2.16. The number of carbonyl (C=O) groups is 1. The van der Waals surface area contributed by atoms with Crippen molar-refractivity contribution in [2.75, 3.05) is 12.3 Å². The van der Waals surface area contributed by atoms with Crippen molar-refractivity contribution in [1.82, 2.24) is 9.78 Å². The van der Waals surface area contributed by atoms with Gasteiger partial charge in [0, 0.05) is 7.05 Å². The maximum Gasteiger partial charge on any atom is 0.358 e. The molecule has 3 atom stereocenters. The van der Waals surface area contributed by atoms with Crippen LogP contribution in [0.4, 0.5) is 5.69 Å². The lowest BCUT2D eigenvalue weighted by Gasteiger charge is -2.21. The van der Waals surface area contributed by atoms with Gasteiger partial charge < -0.3 is 10.5 Å². The summed E-state index contributed by atoms with van der Waals surface area (Å²) in [6.45, 7) is 2.51. The van der Waals surface area contributed by atoms with Gasteiger partial charge in [-0.15, -0.1) is 0 Å². The fraction of sp³-hybridized carbons (Fsp3) is 0.733. The Morgan fingerprint density at radius 3 is 2.80 bits per heavy atom. The van der Waals surface area contributed by atoms with E-state index in [4.69, 9.17) is 10.5 Å². The number of nitrogens with zero attached hydrogens (tertiary/aromatic N) is 2. The summed E-state index contributed by atoms with van der Waals surface area (Å²) < 4.78 is 7.04. The molecule has 2 saturated carbocycles. The number of nitrogen functional groups attached to an aromatic ring is 1. The van der Waals surface area contributed by atoms with E-state index in [9.17, 15) is 4.79 Å². The molecule has 0 saturated heterocycles. The lowest BCUT2D eigenvalue weighted by atomic mass is 9.90. The molecule has 2 N–H and O–H groups in total. The molecule has 5 nitrogen and oxygen atoms in total. The Hall–Kier alpha value is -1.52. The number of hydrogen-bond donors (Lipinski definition) is 1. The van der Waals surface area contributed by atoms with Gasteiger partial charge in [0.2, 0.25) is 0 Å².